The summed E-state index contributed by atoms with van der Waals surface area (Å²) in [6.07, 6.45) is 2.04. The van der Waals surface area contributed by atoms with E-state index in [1.54, 1.807) is 12.1 Å². The molecule has 12 heteroatoms. The number of carbonyl (C=O) groups excluding carboxylic acids is 1. The molecule has 0 amide bonds. The first kappa shape index (κ1) is 21.6. The van der Waals surface area contributed by atoms with Crippen LogP contribution in [0.15, 0.2) is 59.8 Å². The zero-order chi connectivity index (χ0) is 22.6. The molecule has 11 nitrogen and oxygen atoms in total. The number of nitrogens with one attached hydrogen (secondary N) is 2. The average Bonchev–Trinajstić information content (AvgIpc) is 2.70. The number of esters is 1. The van der Waals surface area contributed by atoms with E-state index in [1.807, 2.05) is 6.92 Å². The van der Waals surface area contributed by atoms with E-state index >= 15 is 0 Å². The van der Waals surface area contributed by atoms with Crippen molar-refractivity contribution in [2.24, 2.45) is 0 Å². The number of aromatic nitrogens is 2. The van der Waals surface area contributed by atoms with Gasteiger partial charge in [0.05, 0.1) is 21.2 Å². The third kappa shape index (κ3) is 5.51. The van der Waals surface area contributed by atoms with Gasteiger partial charge < -0.3 is 10.1 Å². The summed E-state index contributed by atoms with van der Waals surface area (Å²) >= 11 is 0. The molecule has 0 aliphatic carbocycles. The van der Waals surface area contributed by atoms with Gasteiger partial charge in [-0.25, -0.2) is 18.4 Å². The zero-order valence-corrected chi connectivity index (χ0v) is 17.2. The van der Waals surface area contributed by atoms with E-state index in [1.165, 1.54) is 37.3 Å². The fourth-order valence-electron chi connectivity index (χ4n) is 2.46. The van der Waals surface area contributed by atoms with Crippen LogP contribution in [-0.4, -0.2) is 29.3 Å². The van der Waals surface area contributed by atoms with Gasteiger partial charge in [0, 0.05) is 13.0 Å². The lowest BCUT2D eigenvalue weighted by molar-refractivity contribution is -0.385. The fourth-order valence-corrected chi connectivity index (χ4v) is 3.51. The predicted molar refractivity (Wildman–Crippen MR) is 112 cm³/mol. The van der Waals surface area contributed by atoms with Gasteiger partial charge in [-0.1, -0.05) is 17.7 Å². The molecular formula is C19H17N5O6S. The van der Waals surface area contributed by atoms with Crippen LogP contribution in [-0.2, 0) is 14.8 Å². The molecule has 0 fully saturated rings. The van der Waals surface area contributed by atoms with Gasteiger partial charge in [-0.2, -0.15) is 0 Å². The van der Waals surface area contributed by atoms with Gasteiger partial charge in [0.1, 0.15) is 12.4 Å². The summed E-state index contributed by atoms with van der Waals surface area (Å²) in [7, 11) is -3.86. The van der Waals surface area contributed by atoms with Gasteiger partial charge in [-0.3, -0.25) is 19.6 Å². The Morgan fingerprint density at radius 1 is 1.10 bits per heavy atom. The first-order valence-electron chi connectivity index (χ1n) is 8.79. The third-order valence-electron chi connectivity index (χ3n) is 3.91. The summed E-state index contributed by atoms with van der Waals surface area (Å²) in [6.45, 7) is 3.03. The Kier molecular flexibility index (Phi) is 6.11. The highest BCUT2D eigenvalue weighted by Crippen LogP contribution is 2.31. The Labute approximate surface area is 177 Å². The number of carbonyl (C=O) groups is 1. The number of nitrogens with zero attached hydrogens (tertiary/aromatic N) is 3. The number of nitro groups is 1. The lowest BCUT2D eigenvalue weighted by Gasteiger charge is -2.13. The van der Waals surface area contributed by atoms with Crippen molar-refractivity contribution in [3.63, 3.8) is 0 Å². The Bertz CT molecular complexity index is 1230. The number of ether oxygens (including phenoxy) is 1. The molecule has 1 heterocycles. The fraction of sp³-hybridized carbons (Fsp3) is 0.105. The lowest BCUT2D eigenvalue weighted by Crippen LogP contribution is -2.13. The van der Waals surface area contributed by atoms with Gasteiger partial charge >= 0.3 is 11.7 Å². The van der Waals surface area contributed by atoms with Crippen LogP contribution in [0, 0.1) is 17.0 Å². The SMILES string of the molecule is CC(=O)Oc1cc(NS(=O)(=O)c2ccc(C)cc2)ccc1Nc1ncc([N+](=O)[O-])cn1. The Balaban J connectivity index is 1.88. The van der Waals surface area contributed by atoms with E-state index in [0.29, 0.717) is 0 Å². The molecule has 2 N–H and O–H groups in total. The number of rotatable bonds is 7. The van der Waals surface area contributed by atoms with Crippen molar-refractivity contribution < 1.29 is 22.9 Å². The van der Waals surface area contributed by atoms with Crippen molar-refractivity contribution in [1.29, 1.82) is 0 Å². The quantitative estimate of drug-likeness (QED) is 0.242. The number of hydrogen-bond donors (Lipinski definition) is 2. The molecule has 0 saturated carbocycles. The number of anilines is 3. The highest BCUT2D eigenvalue weighted by atomic mass is 32.2. The molecule has 2 aromatic carbocycles. The first-order valence-corrected chi connectivity index (χ1v) is 10.3. The predicted octanol–water partition coefficient (Wildman–Crippen LogP) is 3.16. The van der Waals surface area contributed by atoms with E-state index in [2.05, 4.69) is 20.0 Å². The number of hydrogen-bond acceptors (Lipinski definition) is 9. The summed E-state index contributed by atoms with van der Waals surface area (Å²) in [5.74, 6) is -0.600. The molecule has 0 bridgehead atoms. The molecule has 160 valence electrons. The number of benzene rings is 2. The van der Waals surface area contributed by atoms with E-state index < -0.39 is 20.9 Å². The molecule has 0 unspecified atom stereocenters. The van der Waals surface area contributed by atoms with Crippen molar-refractivity contribution in [3.8, 4) is 5.75 Å². The van der Waals surface area contributed by atoms with Gasteiger partial charge in [-0.15, -0.1) is 0 Å². The van der Waals surface area contributed by atoms with Crippen LogP contribution in [0.3, 0.4) is 0 Å². The van der Waals surface area contributed by atoms with Crippen LogP contribution in [0.2, 0.25) is 0 Å². The zero-order valence-electron chi connectivity index (χ0n) is 16.4. The molecule has 0 radical (unpaired) electrons. The van der Waals surface area contributed by atoms with Gasteiger partial charge in [0.25, 0.3) is 10.0 Å². The molecule has 0 aliphatic heterocycles. The van der Waals surface area contributed by atoms with Crippen molar-refractivity contribution in [2.45, 2.75) is 18.7 Å². The smallest absolute Gasteiger partial charge is 0.308 e. The molecule has 0 saturated heterocycles. The van der Waals surface area contributed by atoms with E-state index in [-0.39, 0.29) is 33.7 Å². The van der Waals surface area contributed by atoms with Gasteiger partial charge in [0.15, 0.2) is 5.75 Å². The minimum atomic E-state index is -3.86. The summed E-state index contributed by atoms with van der Waals surface area (Å²) in [5.41, 5.74) is 1.04. The number of aryl methyl sites for hydroxylation is 1. The van der Waals surface area contributed by atoms with Crippen LogP contribution in [0.1, 0.15) is 12.5 Å². The normalized spacial score (nSPS) is 10.9. The van der Waals surface area contributed by atoms with Crippen LogP contribution < -0.4 is 14.8 Å². The maximum Gasteiger partial charge on any atom is 0.308 e. The van der Waals surface area contributed by atoms with Crippen LogP contribution in [0.25, 0.3) is 0 Å². The van der Waals surface area contributed by atoms with E-state index in [0.717, 1.165) is 18.0 Å². The average molecular weight is 443 g/mol. The lowest BCUT2D eigenvalue weighted by atomic mass is 10.2. The standard InChI is InChI=1S/C19H17N5O6S/c1-12-3-6-16(7-4-12)31(28,29)23-14-5-8-17(18(9-14)30-13(2)25)22-19-20-10-15(11-21-19)24(26)27/h3-11,23H,1-2H3,(H,20,21,22). The van der Waals surface area contributed by atoms with Crippen LogP contribution >= 0.6 is 0 Å². The monoisotopic (exact) mass is 443 g/mol. The topological polar surface area (TPSA) is 153 Å². The highest BCUT2D eigenvalue weighted by Gasteiger charge is 2.17. The van der Waals surface area contributed by atoms with Crippen molar-refractivity contribution in [2.75, 3.05) is 10.0 Å². The maximum absolute atomic E-state index is 12.6. The number of sulfonamides is 1. The highest BCUT2D eigenvalue weighted by molar-refractivity contribution is 7.92. The van der Waals surface area contributed by atoms with E-state index in [9.17, 15) is 23.3 Å². The van der Waals surface area contributed by atoms with Crippen molar-refractivity contribution in [3.05, 3.63) is 70.5 Å². The molecule has 3 rings (SSSR count). The molecule has 0 aliphatic rings. The summed E-state index contributed by atoms with van der Waals surface area (Å²) in [5, 5.41) is 13.5. The summed E-state index contributed by atoms with van der Waals surface area (Å²) in [4.78, 5) is 29.3. The van der Waals surface area contributed by atoms with Crippen LogP contribution in [0.5, 0.6) is 5.75 Å². The van der Waals surface area contributed by atoms with Crippen molar-refractivity contribution in [1.82, 2.24) is 9.97 Å². The Hall–Kier alpha value is -4.06. The second kappa shape index (κ2) is 8.75. The second-order valence-electron chi connectivity index (χ2n) is 6.37. The molecule has 0 atom stereocenters. The van der Waals surface area contributed by atoms with Crippen LogP contribution in [0.4, 0.5) is 23.0 Å². The molecule has 1 aromatic heterocycles. The summed E-state index contributed by atoms with van der Waals surface area (Å²) < 4.78 is 32.8. The maximum atomic E-state index is 12.6. The largest absolute Gasteiger partial charge is 0.424 e. The second-order valence-corrected chi connectivity index (χ2v) is 8.05. The van der Waals surface area contributed by atoms with E-state index in [4.69, 9.17) is 4.74 Å². The Morgan fingerprint density at radius 3 is 2.32 bits per heavy atom. The Morgan fingerprint density at radius 2 is 1.74 bits per heavy atom. The van der Waals surface area contributed by atoms with Crippen molar-refractivity contribution >= 4 is 39.0 Å². The molecule has 3 aromatic rings. The van der Waals surface area contributed by atoms with Gasteiger partial charge in [-0.05, 0) is 31.2 Å². The first-order chi connectivity index (χ1) is 14.6. The third-order valence-corrected chi connectivity index (χ3v) is 5.31. The summed E-state index contributed by atoms with van der Waals surface area (Å²) in [6, 6.07) is 10.5. The molecule has 0 spiro atoms. The minimum Gasteiger partial charge on any atom is -0.424 e. The van der Waals surface area contributed by atoms with Gasteiger partial charge in [0.2, 0.25) is 5.95 Å². The molecule has 31 heavy (non-hydrogen) atoms. The minimum absolute atomic E-state index is 0.0126. The molecular weight excluding hydrogens is 426 g/mol.